The van der Waals surface area contributed by atoms with Crippen molar-refractivity contribution in [2.75, 3.05) is 54.1 Å². The second kappa shape index (κ2) is 53.0. The number of carbonyl (C=O) groups excluding carboxylic acids is 1. The molecule has 0 saturated heterocycles. The first kappa shape index (κ1) is 67.7. The van der Waals surface area contributed by atoms with Crippen LogP contribution in [0.1, 0.15) is 284 Å². The maximum Gasteiger partial charge on any atom is 0.472 e. The number of esters is 1. The van der Waals surface area contributed by atoms with Gasteiger partial charge in [0.25, 0.3) is 0 Å². The van der Waals surface area contributed by atoms with Crippen LogP contribution in [0.15, 0.2) is 36.5 Å². The molecule has 2 atom stereocenters. The van der Waals surface area contributed by atoms with Gasteiger partial charge in [0.2, 0.25) is 0 Å². The van der Waals surface area contributed by atoms with Crippen molar-refractivity contribution >= 4 is 13.8 Å². The molecule has 2 unspecified atom stereocenters. The van der Waals surface area contributed by atoms with Crippen molar-refractivity contribution in [3.63, 3.8) is 0 Å². The maximum atomic E-state index is 12.8. The third-order valence-electron chi connectivity index (χ3n) is 13.2. The van der Waals surface area contributed by atoms with E-state index in [2.05, 4.69) is 50.3 Å². The van der Waals surface area contributed by atoms with Crippen molar-refractivity contribution in [1.82, 2.24) is 0 Å². The lowest BCUT2D eigenvalue weighted by atomic mass is 10.0. The summed E-state index contributed by atoms with van der Waals surface area (Å²) >= 11 is 0. The lowest BCUT2D eigenvalue weighted by Crippen LogP contribution is -2.37. The molecule has 0 aliphatic rings. The molecule has 0 aromatic heterocycles. The highest BCUT2D eigenvalue weighted by Crippen LogP contribution is 2.43. The molecule has 0 aliphatic heterocycles. The summed E-state index contributed by atoms with van der Waals surface area (Å²) in [4.78, 5) is 23.1. The first-order valence-electron chi connectivity index (χ1n) is 29.7. The second-order valence-corrected chi connectivity index (χ2v) is 22.8. The molecule has 0 rings (SSSR count). The summed E-state index contributed by atoms with van der Waals surface area (Å²) in [5.74, 6) is -0.315. The van der Waals surface area contributed by atoms with E-state index < -0.39 is 13.9 Å². The monoisotopic (exact) mass is 995 g/mol. The molecule has 0 saturated carbocycles. The molecule has 0 heterocycles. The van der Waals surface area contributed by atoms with Crippen LogP contribution in [0.5, 0.6) is 0 Å². The smallest absolute Gasteiger partial charge is 0.457 e. The van der Waals surface area contributed by atoms with E-state index in [4.69, 9.17) is 18.5 Å². The number of phosphoric ester groups is 1. The van der Waals surface area contributed by atoms with Gasteiger partial charge in [0, 0.05) is 13.0 Å². The number of hydrogen-bond donors (Lipinski definition) is 1. The summed E-state index contributed by atoms with van der Waals surface area (Å²) in [7, 11) is 1.67. The number of allylic oxidation sites excluding steroid dienone is 6. The van der Waals surface area contributed by atoms with Crippen LogP contribution in [0.3, 0.4) is 0 Å². The zero-order valence-corrected chi connectivity index (χ0v) is 47.5. The summed E-state index contributed by atoms with van der Waals surface area (Å²) in [5, 5.41) is 0. The fraction of sp³-hybridized carbons (Fsp3) is 0.883. The van der Waals surface area contributed by atoms with Crippen molar-refractivity contribution in [2.24, 2.45) is 0 Å². The molecule has 408 valence electrons. The number of carbonyl (C=O) groups is 1. The third-order valence-corrected chi connectivity index (χ3v) is 14.2. The minimum absolute atomic E-state index is 0.0884. The Balaban J connectivity index is 4.05. The number of phosphoric acid groups is 1. The van der Waals surface area contributed by atoms with Gasteiger partial charge in [-0.3, -0.25) is 13.8 Å². The zero-order chi connectivity index (χ0) is 50.5. The summed E-state index contributed by atoms with van der Waals surface area (Å²) in [6.07, 6.45) is 66.4. The van der Waals surface area contributed by atoms with Crippen LogP contribution in [0.25, 0.3) is 0 Å². The zero-order valence-electron chi connectivity index (χ0n) is 46.6. The fourth-order valence-electron chi connectivity index (χ4n) is 8.62. The minimum Gasteiger partial charge on any atom is -0.457 e. The topological polar surface area (TPSA) is 91.3 Å². The Kier molecular flexibility index (Phi) is 52.0. The minimum atomic E-state index is -4.29. The van der Waals surface area contributed by atoms with Crippen molar-refractivity contribution in [3.8, 4) is 0 Å². The van der Waals surface area contributed by atoms with Crippen LogP contribution in [-0.2, 0) is 27.9 Å². The molecule has 0 fully saturated rings. The normalized spacial score (nSPS) is 13.7. The van der Waals surface area contributed by atoms with Crippen molar-refractivity contribution < 1.29 is 37.3 Å². The highest BCUT2D eigenvalue weighted by molar-refractivity contribution is 7.47. The largest absolute Gasteiger partial charge is 0.472 e. The Labute approximate surface area is 429 Å². The molecule has 9 heteroatoms. The van der Waals surface area contributed by atoms with E-state index in [0.29, 0.717) is 24.1 Å². The van der Waals surface area contributed by atoms with Gasteiger partial charge in [0.15, 0.2) is 0 Å². The van der Waals surface area contributed by atoms with Crippen LogP contribution in [0, 0.1) is 0 Å². The standard InChI is InChI=1S/C60H116NO7P/c1-6-8-10-12-14-16-18-20-22-24-26-28-30-32-34-36-38-40-42-44-46-48-50-52-55-65-57-59(58-67-69(63,64)66-56-54-61(3,4)5)68-60(62)53-51-49-47-45-43-41-39-37-35-33-31-29-27-25-23-21-19-17-15-13-11-9-7-2/h19,21,25,27,31,33,59H,6-18,20,22-24,26,28-30,32,34-58H2,1-5H3/p+1/b21-19-,27-25-,33-31-. The van der Waals surface area contributed by atoms with E-state index in [1.54, 1.807) is 0 Å². The second-order valence-electron chi connectivity index (χ2n) is 21.4. The van der Waals surface area contributed by atoms with Crippen molar-refractivity contribution in [2.45, 2.75) is 290 Å². The third kappa shape index (κ3) is 57.5. The van der Waals surface area contributed by atoms with Gasteiger partial charge in [-0.2, -0.15) is 0 Å². The molecule has 0 aromatic rings. The van der Waals surface area contributed by atoms with Gasteiger partial charge in [0.05, 0.1) is 34.4 Å². The van der Waals surface area contributed by atoms with Crippen molar-refractivity contribution in [3.05, 3.63) is 36.5 Å². The molecule has 0 aliphatic carbocycles. The average Bonchev–Trinajstić information content (AvgIpc) is 3.31. The van der Waals surface area contributed by atoms with E-state index in [1.807, 2.05) is 21.1 Å². The van der Waals surface area contributed by atoms with Gasteiger partial charge in [-0.25, -0.2) is 4.57 Å². The quantitative estimate of drug-likeness (QED) is 0.0213. The van der Waals surface area contributed by atoms with Crippen LogP contribution >= 0.6 is 7.82 Å². The predicted molar refractivity (Wildman–Crippen MR) is 298 cm³/mol. The lowest BCUT2D eigenvalue weighted by Gasteiger charge is -2.24. The first-order chi connectivity index (χ1) is 33.6. The average molecular weight is 996 g/mol. The number of rotatable bonds is 56. The molecule has 0 radical (unpaired) electrons. The van der Waals surface area contributed by atoms with E-state index in [9.17, 15) is 14.3 Å². The molecule has 0 bridgehead atoms. The number of ether oxygens (including phenoxy) is 2. The predicted octanol–water partition coefficient (Wildman–Crippen LogP) is 18.8. The molecule has 0 spiro atoms. The molecule has 1 N–H and O–H groups in total. The highest BCUT2D eigenvalue weighted by atomic mass is 31.2. The van der Waals surface area contributed by atoms with E-state index in [0.717, 1.165) is 51.4 Å². The van der Waals surface area contributed by atoms with Crippen LogP contribution in [0.4, 0.5) is 0 Å². The number of unbranched alkanes of at least 4 members (excludes halogenated alkanes) is 36. The molecule has 0 amide bonds. The number of quaternary nitrogens is 1. The van der Waals surface area contributed by atoms with Gasteiger partial charge in [-0.05, 0) is 51.4 Å². The molecule has 0 aromatic carbocycles. The summed E-state index contributed by atoms with van der Waals surface area (Å²) in [6.45, 7) is 5.66. The SMILES string of the molecule is CCCCCCC/C=C\C/C=C\C/C=C\CCCCCCCCCCC(=O)OC(COCCCCCCCCCCCCCCCCCCCCCCCCCC)COP(=O)(O)OCC[N+](C)(C)C. The van der Waals surface area contributed by atoms with E-state index in [1.165, 1.54) is 212 Å². The molecular weight excluding hydrogens is 878 g/mol. The summed E-state index contributed by atoms with van der Waals surface area (Å²) in [5.41, 5.74) is 0. The molecule has 69 heavy (non-hydrogen) atoms. The van der Waals surface area contributed by atoms with Crippen LogP contribution in [-0.4, -0.2) is 75.6 Å². The maximum absolute atomic E-state index is 12.8. The first-order valence-corrected chi connectivity index (χ1v) is 31.2. The van der Waals surface area contributed by atoms with Crippen molar-refractivity contribution in [1.29, 1.82) is 0 Å². The Morgan fingerprint density at radius 3 is 1.19 bits per heavy atom. The Bertz CT molecular complexity index is 1200. The Morgan fingerprint density at radius 1 is 0.449 bits per heavy atom. The Hall–Kier alpha value is -1.28. The Morgan fingerprint density at radius 2 is 0.797 bits per heavy atom. The van der Waals surface area contributed by atoms with Gasteiger partial charge in [-0.15, -0.1) is 0 Å². The molecule has 8 nitrogen and oxygen atoms in total. The number of nitrogens with zero attached hydrogens (tertiary/aromatic N) is 1. The van der Waals surface area contributed by atoms with Crippen LogP contribution in [0.2, 0.25) is 0 Å². The van der Waals surface area contributed by atoms with Gasteiger partial charge in [0.1, 0.15) is 19.3 Å². The number of hydrogen-bond acceptors (Lipinski definition) is 6. The van der Waals surface area contributed by atoms with E-state index >= 15 is 0 Å². The lowest BCUT2D eigenvalue weighted by molar-refractivity contribution is -0.870. The summed E-state index contributed by atoms with van der Waals surface area (Å²) in [6, 6.07) is 0. The fourth-order valence-corrected chi connectivity index (χ4v) is 9.36. The molecular formula is C60H117NO7P+. The van der Waals surface area contributed by atoms with Gasteiger partial charge in [-0.1, -0.05) is 262 Å². The van der Waals surface area contributed by atoms with Crippen LogP contribution < -0.4 is 0 Å². The van der Waals surface area contributed by atoms with E-state index in [-0.39, 0.29) is 25.8 Å². The van der Waals surface area contributed by atoms with Gasteiger partial charge < -0.3 is 18.9 Å². The number of likely N-dealkylation sites (N-methyl/N-ethyl adjacent to an activating group) is 1. The van der Waals surface area contributed by atoms with Gasteiger partial charge >= 0.3 is 13.8 Å². The summed E-state index contributed by atoms with van der Waals surface area (Å²) < 4.78 is 35.3. The highest BCUT2D eigenvalue weighted by Gasteiger charge is 2.26.